The van der Waals surface area contributed by atoms with Crippen LogP contribution in [0.15, 0.2) is 36.4 Å². The lowest BCUT2D eigenvalue weighted by Gasteiger charge is -2.17. The SMILES string of the molecule is Cc1ccc2c(c1)CCCOc1cc(CO)ccc1OC2=O. The van der Waals surface area contributed by atoms with Crippen molar-refractivity contribution in [2.24, 2.45) is 0 Å². The minimum atomic E-state index is -0.376. The van der Waals surface area contributed by atoms with Gasteiger partial charge in [-0.3, -0.25) is 0 Å². The summed E-state index contributed by atoms with van der Waals surface area (Å²) in [5.41, 5.74) is 3.44. The van der Waals surface area contributed by atoms with E-state index in [1.807, 2.05) is 25.1 Å². The summed E-state index contributed by atoms with van der Waals surface area (Å²) in [4.78, 5) is 12.4. The van der Waals surface area contributed by atoms with E-state index in [1.54, 1.807) is 18.2 Å². The van der Waals surface area contributed by atoms with Gasteiger partial charge in [0.1, 0.15) is 0 Å². The Balaban J connectivity index is 1.99. The molecule has 0 fully saturated rings. The van der Waals surface area contributed by atoms with Gasteiger partial charge in [0.05, 0.1) is 18.8 Å². The summed E-state index contributed by atoms with van der Waals surface area (Å²) in [6.45, 7) is 2.46. The number of hydrogen-bond acceptors (Lipinski definition) is 4. The van der Waals surface area contributed by atoms with Crippen molar-refractivity contribution in [2.75, 3.05) is 6.61 Å². The van der Waals surface area contributed by atoms with E-state index in [2.05, 4.69) is 0 Å². The topological polar surface area (TPSA) is 55.8 Å². The van der Waals surface area contributed by atoms with Crippen LogP contribution in [0.4, 0.5) is 0 Å². The van der Waals surface area contributed by atoms with Crippen molar-refractivity contribution in [3.05, 3.63) is 58.7 Å². The van der Waals surface area contributed by atoms with Gasteiger partial charge in [0.15, 0.2) is 11.5 Å². The molecule has 4 nitrogen and oxygen atoms in total. The first-order valence-corrected chi connectivity index (χ1v) is 7.35. The van der Waals surface area contributed by atoms with Crippen molar-refractivity contribution >= 4 is 5.97 Å². The van der Waals surface area contributed by atoms with Crippen molar-refractivity contribution in [1.29, 1.82) is 0 Å². The summed E-state index contributed by atoms with van der Waals surface area (Å²) in [5, 5.41) is 9.21. The minimum absolute atomic E-state index is 0.0767. The van der Waals surface area contributed by atoms with Crippen LogP contribution < -0.4 is 9.47 Å². The van der Waals surface area contributed by atoms with E-state index in [4.69, 9.17) is 9.47 Å². The van der Waals surface area contributed by atoms with Crippen LogP contribution >= 0.6 is 0 Å². The fourth-order valence-corrected chi connectivity index (χ4v) is 2.58. The van der Waals surface area contributed by atoms with Gasteiger partial charge in [0, 0.05) is 0 Å². The van der Waals surface area contributed by atoms with Crippen LogP contribution in [0.5, 0.6) is 11.5 Å². The van der Waals surface area contributed by atoms with Crippen molar-refractivity contribution in [2.45, 2.75) is 26.4 Å². The average molecular weight is 298 g/mol. The zero-order chi connectivity index (χ0) is 15.5. The second-order valence-corrected chi connectivity index (χ2v) is 5.44. The van der Waals surface area contributed by atoms with Gasteiger partial charge in [0.25, 0.3) is 0 Å². The molecule has 2 aromatic rings. The molecule has 114 valence electrons. The Morgan fingerprint density at radius 1 is 1.14 bits per heavy atom. The van der Waals surface area contributed by atoms with Crippen molar-refractivity contribution in [1.82, 2.24) is 0 Å². The third-order valence-electron chi connectivity index (χ3n) is 3.72. The summed E-state index contributed by atoms with van der Waals surface area (Å²) in [6, 6.07) is 10.8. The normalized spacial score (nSPS) is 14.4. The highest BCUT2D eigenvalue weighted by Crippen LogP contribution is 2.31. The predicted octanol–water partition coefficient (Wildman–Crippen LogP) is 3.03. The van der Waals surface area contributed by atoms with Gasteiger partial charge in [0.2, 0.25) is 0 Å². The first-order valence-electron chi connectivity index (χ1n) is 7.35. The van der Waals surface area contributed by atoms with Crippen LogP contribution in [0.3, 0.4) is 0 Å². The monoisotopic (exact) mass is 298 g/mol. The molecule has 3 rings (SSSR count). The molecule has 1 heterocycles. The molecule has 1 aliphatic heterocycles. The Morgan fingerprint density at radius 2 is 2.00 bits per heavy atom. The van der Waals surface area contributed by atoms with Gasteiger partial charge >= 0.3 is 5.97 Å². The molecule has 1 aliphatic rings. The van der Waals surface area contributed by atoms with Gasteiger partial charge < -0.3 is 14.6 Å². The fourth-order valence-electron chi connectivity index (χ4n) is 2.58. The number of aliphatic hydroxyl groups excluding tert-OH is 1. The molecular weight excluding hydrogens is 280 g/mol. The molecule has 0 bridgehead atoms. The fraction of sp³-hybridized carbons (Fsp3) is 0.278. The Hall–Kier alpha value is -2.33. The molecule has 1 N–H and O–H groups in total. The number of esters is 1. The molecule has 2 aromatic carbocycles. The number of carbonyl (C=O) groups excluding carboxylic acids is 1. The van der Waals surface area contributed by atoms with Gasteiger partial charge in [-0.15, -0.1) is 0 Å². The molecule has 0 unspecified atom stereocenters. The van der Waals surface area contributed by atoms with E-state index in [9.17, 15) is 9.90 Å². The summed E-state index contributed by atoms with van der Waals surface area (Å²) in [6.07, 6.45) is 1.58. The van der Waals surface area contributed by atoms with Crippen LogP contribution in [0, 0.1) is 6.92 Å². The molecule has 22 heavy (non-hydrogen) atoms. The molecule has 0 radical (unpaired) electrons. The number of rotatable bonds is 1. The summed E-state index contributed by atoms with van der Waals surface area (Å²) in [7, 11) is 0. The van der Waals surface area contributed by atoms with Crippen LogP contribution in [0.1, 0.15) is 33.5 Å². The number of carbonyl (C=O) groups is 1. The van der Waals surface area contributed by atoms with E-state index in [1.165, 1.54) is 0 Å². The minimum Gasteiger partial charge on any atom is -0.490 e. The van der Waals surface area contributed by atoms with Gasteiger partial charge in [-0.25, -0.2) is 4.79 Å². The standard InChI is InChI=1S/C18H18O4/c1-12-4-6-15-14(9-12)3-2-8-21-17-10-13(11-19)5-7-16(17)22-18(15)20/h4-7,9-10,19H,2-3,8,11H2,1H3. The predicted molar refractivity (Wildman–Crippen MR) is 82.3 cm³/mol. The summed E-state index contributed by atoms with van der Waals surface area (Å²) >= 11 is 0. The molecule has 0 atom stereocenters. The molecule has 0 aromatic heterocycles. The van der Waals surface area contributed by atoms with E-state index in [-0.39, 0.29) is 12.6 Å². The summed E-state index contributed by atoms with van der Waals surface area (Å²) < 4.78 is 11.2. The Kier molecular flexibility index (Phi) is 4.11. The first kappa shape index (κ1) is 14.6. The maximum absolute atomic E-state index is 12.4. The van der Waals surface area contributed by atoms with Gasteiger partial charge in [-0.05, 0) is 49.1 Å². The van der Waals surface area contributed by atoms with Crippen LogP contribution in [-0.2, 0) is 13.0 Å². The number of benzene rings is 2. The van der Waals surface area contributed by atoms with Crippen molar-refractivity contribution in [3.8, 4) is 11.5 Å². The quantitative estimate of drug-likeness (QED) is 0.649. The van der Waals surface area contributed by atoms with Crippen LogP contribution in [-0.4, -0.2) is 17.7 Å². The molecule has 0 saturated heterocycles. The highest BCUT2D eigenvalue weighted by Gasteiger charge is 2.18. The van der Waals surface area contributed by atoms with E-state index >= 15 is 0 Å². The highest BCUT2D eigenvalue weighted by atomic mass is 16.6. The lowest BCUT2D eigenvalue weighted by molar-refractivity contribution is 0.0725. The maximum Gasteiger partial charge on any atom is 0.343 e. The second kappa shape index (κ2) is 6.20. The Bertz CT molecular complexity index is 706. The molecule has 0 saturated carbocycles. The maximum atomic E-state index is 12.4. The number of aliphatic hydroxyl groups is 1. The smallest absolute Gasteiger partial charge is 0.343 e. The van der Waals surface area contributed by atoms with Gasteiger partial charge in [-0.1, -0.05) is 23.8 Å². The third-order valence-corrected chi connectivity index (χ3v) is 3.72. The van der Waals surface area contributed by atoms with Crippen molar-refractivity contribution in [3.63, 3.8) is 0 Å². The highest BCUT2D eigenvalue weighted by molar-refractivity contribution is 5.93. The third kappa shape index (κ3) is 2.97. The molecule has 0 aliphatic carbocycles. The second-order valence-electron chi connectivity index (χ2n) is 5.44. The average Bonchev–Trinajstić information content (AvgIpc) is 2.52. The largest absolute Gasteiger partial charge is 0.490 e. The summed E-state index contributed by atoms with van der Waals surface area (Å²) in [5.74, 6) is 0.504. The molecule has 0 spiro atoms. The van der Waals surface area contributed by atoms with E-state index < -0.39 is 0 Å². The number of aryl methyl sites for hydroxylation is 2. The van der Waals surface area contributed by atoms with Crippen molar-refractivity contribution < 1.29 is 19.4 Å². The molecular formula is C18H18O4. The zero-order valence-corrected chi connectivity index (χ0v) is 12.5. The first-order chi connectivity index (χ1) is 10.7. The van der Waals surface area contributed by atoms with E-state index in [0.29, 0.717) is 23.7 Å². The number of hydrogen-bond donors (Lipinski definition) is 1. The molecule has 4 heteroatoms. The van der Waals surface area contributed by atoms with Crippen LogP contribution in [0.25, 0.3) is 0 Å². The lowest BCUT2D eigenvalue weighted by Crippen LogP contribution is -2.15. The lowest BCUT2D eigenvalue weighted by atomic mass is 10.0. The van der Waals surface area contributed by atoms with Crippen LogP contribution in [0.2, 0.25) is 0 Å². The Morgan fingerprint density at radius 3 is 2.82 bits per heavy atom. The molecule has 0 amide bonds. The van der Waals surface area contributed by atoms with E-state index in [0.717, 1.165) is 29.5 Å². The van der Waals surface area contributed by atoms with Gasteiger partial charge in [-0.2, -0.15) is 0 Å². The Labute approximate surface area is 129 Å². The number of fused-ring (bicyclic) bond motifs is 2. The number of ether oxygens (including phenoxy) is 2. The zero-order valence-electron chi connectivity index (χ0n) is 12.5.